The molecule has 118 valence electrons. The van der Waals surface area contributed by atoms with Crippen LogP contribution in [-0.2, 0) is 16.6 Å². The Morgan fingerprint density at radius 3 is 2.81 bits per heavy atom. The molecular weight excluding hydrogens is 295 g/mol. The van der Waals surface area contributed by atoms with E-state index in [-0.39, 0.29) is 24.1 Å². The number of hydrogen-bond donors (Lipinski definition) is 2. The van der Waals surface area contributed by atoms with Crippen molar-refractivity contribution in [2.45, 2.75) is 36.8 Å². The van der Waals surface area contributed by atoms with Crippen molar-refractivity contribution in [3.05, 3.63) is 29.6 Å². The molecule has 0 aliphatic carbocycles. The third-order valence-corrected chi connectivity index (χ3v) is 5.36. The summed E-state index contributed by atoms with van der Waals surface area (Å²) in [4.78, 5) is 1.75. The normalized spacial score (nSPS) is 20.6. The Morgan fingerprint density at radius 1 is 1.43 bits per heavy atom. The molecule has 2 N–H and O–H groups in total. The van der Waals surface area contributed by atoms with Crippen molar-refractivity contribution in [2.75, 3.05) is 20.1 Å². The van der Waals surface area contributed by atoms with Crippen LogP contribution in [-0.4, -0.2) is 44.6 Å². The Hall–Kier alpha value is -1.02. The van der Waals surface area contributed by atoms with Gasteiger partial charge in [-0.1, -0.05) is 12.5 Å². The summed E-state index contributed by atoms with van der Waals surface area (Å²) in [6, 6.07) is 3.78. The lowest BCUT2D eigenvalue weighted by molar-refractivity contribution is 0.187. The fourth-order valence-electron chi connectivity index (χ4n) is 2.55. The van der Waals surface area contributed by atoms with Gasteiger partial charge in [-0.05, 0) is 44.1 Å². The molecule has 0 bridgehead atoms. The highest BCUT2D eigenvalue weighted by atomic mass is 32.2. The van der Waals surface area contributed by atoms with Gasteiger partial charge in [-0.15, -0.1) is 0 Å². The summed E-state index contributed by atoms with van der Waals surface area (Å²) in [5.41, 5.74) is 0.346. The van der Waals surface area contributed by atoms with Crippen molar-refractivity contribution >= 4 is 10.0 Å². The standard InChI is InChI=1S/C14H21FN2O3S/c1-17-7-3-2-4-12(17)9-16-21(19,20)14-6-5-11(10-18)8-13(14)15/h5-6,8,12,16,18H,2-4,7,9-10H2,1H3. The van der Waals surface area contributed by atoms with Crippen molar-refractivity contribution < 1.29 is 17.9 Å². The molecule has 0 saturated carbocycles. The van der Waals surface area contributed by atoms with Crippen LogP contribution in [0.25, 0.3) is 0 Å². The van der Waals surface area contributed by atoms with E-state index in [1.807, 2.05) is 7.05 Å². The molecule has 1 fully saturated rings. The van der Waals surface area contributed by atoms with Crippen molar-refractivity contribution in [2.24, 2.45) is 0 Å². The molecule has 0 spiro atoms. The second kappa shape index (κ2) is 6.83. The molecule has 21 heavy (non-hydrogen) atoms. The number of nitrogens with one attached hydrogen (secondary N) is 1. The van der Waals surface area contributed by atoms with Crippen LogP contribution in [0.3, 0.4) is 0 Å². The minimum Gasteiger partial charge on any atom is -0.392 e. The molecule has 1 aromatic carbocycles. The second-order valence-corrected chi connectivity index (χ2v) is 7.14. The summed E-state index contributed by atoms with van der Waals surface area (Å²) in [7, 11) is -1.91. The number of piperidine rings is 1. The number of aliphatic hydroxyl groups excluding tert-OH is 1. The van der Waals surface area contributed by atoms with Crippen LogP contribution in [0.15, 0.2) is 23.1 Å². The van der Waals surface area contributed by atoms with Crippen LogP contribution in [0, 0.1) is 5.82 Å². The Morgan fingerprint density at radius 2 is 2.19 bits per heavy atom. The van der Waals surface area contributed by atoms with Gasteiger partial charge in [0.15, 0.2) is 0 Å². The first-order valence-corrected chi connectivity index (χ1v) is 8.51. The van der Waals surface area contributed by atoms with Gasteiger partial charge in [-0.25, -0.2) is 17.5 Å². The fraction of sp³-hybridized carbons (Fsp3) is 0.571. The second-order valence-electron chi connectivity index (χ2n) is 5.40. The minimum atomic E-state index is -3.87. The number of likely N-dealkylation sites (N-methyl/N-ethyl adjacent to an activating group) is 1. The molecule has 1 aliphatic rings. The molecule has 1 aromatic rings. The maximum absolute atomic E-state index is 13.8. The summed E-state index contributed by atoms with van der Waals surface area (Å²) in [6.07, 6.45) is 3.14. The van der Waals surface area contributed by atoms with E-state index in [2.05, 4.69) is 9.62 Å². The van der Waals surface area contributed by atoms with E-state index in [1.165, 1.54) is 12.1 Å². The summed E-state index contributed by atoms with van der Waals surface area (Å²) in [5, 5.41) is 8.92. The van der Waals surface area contributed by atoms with Gasteiger partial charge in [-0.2, -0.15) is 0 Å². The van der Waals surface area contributed by atoms with E-state index in [1.54, 1.807) is 0 Å². The predicted molar refractivity (Wildman–Crippen MR) is 77.8 cm³/mol. The molecule has 1 unspecified atom stereocenters. The van der Waals surface area contributed by atoms with E-state index in [0.717, 1.165) is 31.9 Å². The Kier molecular flexibility index (Phi) is 5.32. The first kappa shape index (κ1) is 16.4. The van der Waals surface area contributed by atoms with Gasteiger partial charge in [0.25, 0.3) is 0 Å². The van der Waals surface area contributed by atoms with E-state index in [9.17, 15) is 12.8 Å². The summed E-state index contributed by atoms with van der Waals surface area (Å²) in [6.45, 7) is 0.906. The zero-order chi connectivity index (χ0) is 15.5. The number of rotatable bonds is 5. The quantitative estimate of drug-likeness (QED) is 0.853. The number of benzene rings is 1. The Balaban J connectivity index is 2.07. The van der Waals surface area contributed by atoms with E-state index in [4.69, 9.17) is 5.11 Å². The maximum Gasteiger partial charge on any atom is 0.243 e. The highest BCUT2D eigenvalue weighted by molar-refractivity contribution is 7.89. The SMILES string of the molecule is CN1CCCCC1CNS(=O)(=O)c1ccc(CO)cc1F. The lowest BCUT2D eigenvalue weighted by Gasteiger charge is -2.32. The summed E-state index contributed by atoms with van der Waals surface area (Å²) >= 11 is 0. The highest BCUT2D eigenvalue weighted by Gasteiger charge is 2.24. The summed E-state index contributed by atoms with van der Waals surface area (Å²) in [5.74, 6) is -0.842. The summed E-state index contributed by atoms with van der Waals surface area (Å²) < 4.78 is 40.7. The Bertz CT molecular complexity index is 592. The molecule has 5 nitrogen and oxygen atoms in total. The van der Waals surface area contributed by atoms with Gasteiger partial charge >= 0.3 is 0 Å². The predicted octanol–water partition coefficient (Wildman–Crippen LogP) is 1.08. The fourth-order valence-corrected chi connectivity index (χ4v) is 3.68. The van der Waals surface area contributed by atoms with Crippen molar-refractivity contribution in [1.82, 2.24) is 9.62 Å². The largest absolute Gasteiger partial charge is 0.392 e. The number of nitrogens with zero attached hydrogens (tertiary/aromatic N) is 1. The van der Waals surface area contributed by atoms with Gasteiger partial charge in [0.05, 0.1) is 6.61 Å². The molecule has 0 amide bonds. The number of halogens is 1. The minimum absolute atomic E-state index is 0.147. The van der Waals surface area contributed by atoms with Crippen molar-refractivity contribution in [1.29, 1.82) is 0 Å². The van der Waals surface area contributed by atoms with Gasteiger partial charge in [0.1, 0.15) is 10.7 Å². The zero-order valence-electron chi connectivity index (χ0n) is 12.0. The van der Waals surface area contributed by atoms with Gasteiger partial charge in [0, 0.05) is 12.6 Å². The van der Waals surface area contributed by atoms with Crippen LogP contribution in [0.5, 0.6) is 0 Å². The first-order valence-electron chi connectivity index (χ1n) is 7.03. The molecule has 1 saturated heterocycles. The molecule has 0 radical (unpaired) electrons. The smallest absolute Gasteiger partial charge is 0.243 e. The van der Waals surface area contributed by atoms with Gasteiger partial charge in [-0.3, -0.25) is 0 Å². The van der Waals surface area contributed by atoms with Crippen molar-refractivity contribution in [3.63, 3.8) is 0 Å². The van der Waals surface area contributed by atoms with Crippen LogP contribution in [0.2, 0.25) is 0 Å². The van der Waals surface area contributed by atoms with E-state index < -0.39 is 15.8 Å². The zero-order valence-corrected chi connectivity index (χ0v) is 12.9. The number of likely N-dealkylation sites (tertiary alicyclic amines) is 1. The maximum atomic E-state index is 13.8. The van der Waals surface area contributed by atoms with Crippen LogP contribution >= 0.6 is 0 Å². The molecule has 7 heteroatoms. The molecule has 0 aromatic heterocycles. The average Bonchev–Trinajstić information content (AvgIpc) is 2.46. The monoisotopic (exact) mass is 316 g/mol. The number of hydrogen-bond acceptors (Lipinski definition) is 4. The topological polar surface area (TPSA) is 69.6 Å². The molecular formula is C14H21FN2O3S. The first-order chi connectivity index (χ1) is 9.94. The number of aliphatic hydroxyl groups is 1. The van der Waals surface area contributed by atoms with E-state index >= 15 is 0 Å². The lowest BCUT2D eigenvalue weighted by atomic mass is 10.0. The van der Waals surface area contributed by atoms with Crippen molar-refractivity contribution in [3.8, 4) is 0 Å². The molecule has 1 heterocycles. The lowest BCUT2D eigenvalue weighted by Crippen LogP contribution is -2.44. The highest BCUT2D eigenvalue weighted by Crippen LogP contribution is 2.18. The third-order valence-electron chi connectivity index (χ3n) is 3.90. The van der Waals surface area contributed by atoms with Gasteiger partial charge in [0.2, 0.25) is 10.0 Å². The van der Waals surface area contributed by atoms with E-state index in [0.29, 0.717) is 5.56 Å². The Labute approximate surface area is 124 Å². The van der Waals surface area contributed by atoms with Crippen LogP contribution in [0.1, 0.15) is 24.8 Å². The molecule has 1 aliphatic heterocycles. The van der Waals surface area contributed by atoms with Crippen LogP contribution in [0.4, 0.5) is 4.39 Å². The third kappa shape index (κ3) is 4.00. The average molecular weight is 316 g/mol. The molecule has 2 rings (SSSR count). The number of sulfonamides is 1. The molecule has 1 atom stereocenters. The van der Waals surface area contributed by atoms with Gasteiger partial charge < -0.3 is 10.0 Å². The van der Waals surface area contributed by atoms with Crippen LogP contribution < -0.4 is 4.72 Å².